The third-order valence-electron chi connectivity index (χ3n) is 7.29. The number of unbranched alkanes of at least 4 members (excludes halogenated alkanes) is 1. The number of rotatable bonds is 6. The van der Waals surface area contributed by atoms with E-state index < -0.39 is 0 Å². The number of piperidine rings is 1. The van der Waals surface area contributed by atoms with E-state index in [1.54, 1.807) is 4.90 Å². The van der Waals surface area contributed by atoms with Crippen LogP contribution in [0.2, 0.25) is 0 Å². The number of carbonyl (C=O) groups is 2. The predicted octanol–water partition coefficient (Wildman–Crippen LogP) is 3.50. The minimum Gasteiger partial charge on any atom is -0.303 e. The van der Waals surface area contributed by atoms with Crippen molar-refractivity contribution in [1.29, 1.82) is 5.26 Å². The Bertz CT molecular complexity index is 753. The average Bonchev–Trinajstić information content (AvgIpc) is 3.02. The number of fused-ring (bicyclic) bond motifs is 1. The van der Waals surface area contributed by atoms with Gasteiger partial charge in [-0.2, -0.15) is 5.26 Å². The highest BCUT2D eigenvalue weighted by Gasteiger charge is 2.47. The summed E-state index contributed by atoms with van der Waals surface area (Å²) in [6, 6.07) is 12.7. The Hall–Kier alpha value is -2.19. The Labute approximate surface area is 173 Å². The van der Waals surface area contributed by atoms with E-state index in [-0.39, 0.29) is 29.1 Å². The van der Waals surface area contributed by atoms with E-state index in [9.17, 15) is 14.9 Å². The van der Waals surface area contributed by atoms with Crippen molar-refractivity contribution in [2.75, 3.05) is 26.2 Å². The molecule has 0 spiro atoms. The number of imide groups is 1. The first-order chi connectivity index (χ1) is 14.1. The molecule has 0 bridgehead atoms. The van der Waals surface area contributed by atoms with Crippen LogP contribution in [0.1, 0.15) is 56.9 Å². The highest BCUT2D eigenvalue weighted by Crippen LogP contribution is 2.38. The van der Waals surface area contributed by atoms with Crippen LogP contribution >= 0.6 is 0 Å². The van der Waals surface area contributed by atoms with Crippen molar-refractivity contribution in [2.24, 2.45) is 11.8 Å². The van der Waals surface area contributed by atoms with Gasteiger partial charge in [0.2, 0.25) is 11.8 Å². The van der Waals surface area contributed by atoms with E-state index in [0.29, 0.717) is 6.54 Å². The van der Waals surface area contributed by atoms with Crippen LogP contribution in [0, 0.1) is 23.2 Å². The van der Waals surface area contributed by atoms with Crippen LogP contribution in [-0.2, 0) is 15.0 Å². The maximum absolute atomic E-state index is 12.5. The van der Waals surface area contributed by atoms with Crippen molar-refractivity contribution in [3.05, 3.63) is 35.9 Å². The second kappa shape index (κ2) is 8.67. The molecule has 2 unspecified atom stereocenters. The highest BCUT2D eigenvalue weighted by atomic mass is 16.2. The first-order valence-corrected chi connectivity index (χ1v) is 11.2. The van der Waals surface area contributed by atoms with Gasteiger partial charge in [-0.1, -0.05) is 43.2 Å². The molecule has 154 valence electrons. The molecule has 4 rings (SSSR count). The lowest BCUT2D eigenvalue weighted by Gasteiger charge is -2.37. The summed E-state index contributed by atoms with van der Waals surface area (Å²) < 4.78 is 0. The summed E-state index contributed by atoms with van der Waals surface area (Å²) in [5.41, 5.74) is 0.775. The Morgan fingerprint density at radius 2 is 1.52 bits per heavy atom. The molecule has 2 atom stereocenters. The van der Waals surface area contributed by atoms with Gasteiger partial charge in [-0.3, -0.25) is 14.5 Å². The molecule has 5 heteroatoms. The van der Waals surface area contributed by atoms with E-state index in [1.165, 1.54) is 0 Å². The number of nitrogens with zero attached hydrogens (tertiary/aromatic N) is 3. The fraction of sp³-hybridized carbons (Fsp3) is 0.625. The molecular formula is C24H31N3O2. The topological polar surface area (TPSA) is 64.4 Å². The minimum atomic E-state index is -0.359. The molecule has 0 aromatic heterocycles. The molecule has 2 heterocycles. The second-order valence-corrected chi connectivity index (χ2v) is 8.93. The van der Waals surface area contributed by atoms with E-state index in [1.807, 2.05) is 18.2 Å². The molecule has 3 aliphatic rings. The molecule has 2 saturated heterocycles. The number of hydrogen-bond acceptors (Lipinski definition) is 4. The summed E-state index contributed by atoms with van der Waals surface area (Å²) in [7, 11) is 0. The predicted molar refractivity (Wildman–Crippen MR) is 111 cm³/mol. The zero-order valence-electron chi connectivity index (χ0n) is 17.2. The first-order valence-electron chi connectivity index (χ1n) is 11.2. The van der Waals surface area contributed by atoms with Gasteiger partial charge in [0.1, 0.15) is 0 Å². The van der Waals surface area contributed by atoms with Gasteiger partial charge in [0.05, 0.1) is 23.3 Å². The molecule has 5 nitrogen and oxygen atoms in total. The molecule has 3 fully saturated rings. The number of amides is 2. The van der Waals surface area contributed by atoms with E-state index in [0.717, 1.165) is 76.6 Å². The van der Waals surface area contributed by atoms with Crippen molar-refractivity contribution in [3.63, 3.8) is 0 Å². The highest BCUT2D eigenvalue weighted by molar-refractivity contribution is 6.05. The monoisotopic (exact) mass is 393 g/mol. The number of carbonyl (C=O) groups excluding carboxylic acids is 2. The third-order valence-corrected chi connectivity index (χ3v) is 7.29. The smallest absolute Gasteiger partial charge is 0.233 e. The minimum absolute atomic E-state index is 0.0320. The Morgan fingerprint density at radius 3 is 2.10 bits per heavy atom. The van der Waals surface area contributed by atoms with E-state index in [2.05, 4.69) is 23.1 Å². The Kier molecular flexibility index (Phi) is 6.01. The molecule has 0 N–H and O–H groups in total. The van der Waals surface area contributed by atoms with Crippen molar-refractivity contribution in [2.45, 2.75) is 56.8 Å². The van der Waals surface area contributed by atoms with Crippen LogP contribution in [-0.4, -0.2) is 47.8 Å². The fourth-order valence-corrected chi connectivity index (χ4v) is 5.44. The lowest BCUT2D eigenvalue weighted by Crippen LogP contribution is -2.42. The van der Waals surface area contributed by atoms with Crippen LogP contribution in [0.4, 0.5) is 0 Å². The second-order valence-electron chi connectivity index (χ2n) is 8.93. The summed E-state index contributed by atoms with van der Waals surface area (Å²) >= 11 is 0. The van der Waals surface area contributed by atoms with Crippen LogP contribution < -0.4 is 0 Å². The zero-order chi connectivity index (χ0) is 20.3. The van der Waals surface area contributed by atoms with E-state index >= 15 is 0 Å². The third kappa shape index (κ3) is 3.96. The van der Waals surface area contributed by atoms with Crippen LogP contribution in [0.5, 0.6) is 0 Å². The van der Waals surface area contributed by atoms with Gasteiger partial charge in [0.25, 0.3) is 0 Å². The average molecular weight is 394 g/mol. The summed E-state index contributed by atoms with van der Waals surface area (Å²) in [5.74, 6) is 0.101. The molecule has 2 aliphatic heterocycles. The number of benzene rings is 1. The quantitative estimate of drug-likeness (QED) is 0.548. The fourth-order valence-electron chi connectivity index (χ4n) is 5.44. The van der Waals surface area contributed by atoms with Crippen molar-refractivity contribution < 1.29 is 9.59 Å². The summed E-state index contributed by atoms with van der Waals surface area (Å²) in [4.78, 5) is 29.1. The Balaban J connectivity index is 1.22. The van der Waals surface area contributed by atoms with Crippen molar-refractivity contribution in [3.8, 4) is 6.07 Å². The number of hydrogen-bond donors (Lipinski definition) is 0. The van der Waals surface area contributed by atoms with Gasteiger partial charge in [-0.05, 0) is 63.7 Å². The van der Waals surface area contributed by atoms with Gasteiger partial charge in [-0.15, -0.1) is 0 Å². The molecule has 2 amide bonds. The van der Waals surface area contributed by atoms with Crippen molar-refractivity contribution >= 4 is 11.8 Å². The zero-order valence-corrected chi connectivity index (χ0v) is 17.2. The SMILES string of the molecule is N#CC1(c2ccccc2)CCN(CCCCN2C(=O)C3CCCCC3C2=O)CC1. The van der Waals surface area contributed by atoms with Crippen LogP contribution in [0.25, 0.3) is 0 Å². The van der Waals surface area contributed by atoms with Gasteiger partial charge in [0.15, 0.2) is 0 Å². The van der Waals surface area contributed by atoms with Crippen LogP contribution in [0.15, 0.2) is 30.3 Å². The molecule has 1 aliphatic carbocycles. The van der Waals surface area contributed by atoms with Crippen molar-refractivity contribution in [1.82, 2.24) is 9.80 Å². The lowest BCUT2D eigenvalue weighted by atomic mass is 9.74. The van der Waals surface area contributed by atoms with Gasteiger partial charge < -0.3 is 4.90 Å². The molecule has 1 saturated carbocycles. The Morgan fingerprint density at radius 1 is 0.931 bits per heavy atom. The lowest BCUT2D eigenvalue weighted by molar-refractivity contribution is -0.140. The van der Waals surface area contributed by atoms with Gasteiger partial charge >= 0.3 is 0 Å². The molecule has 0 radical (unpaired) electrons. The van der Waals surface area contributed by atoms with Gasteiger partial charge in [0, 0.05) is 6.54 Å². The normalized spacial score (nSPS) is 26.9. The molecular weight excluding hydrogens is 362 g/mol. The number of nitriles is 1. The summed E-state index contributed by atoms with van der Waals surface area (Å²) in [6.45, 7) is 3.40. The van der Waals surface area contributed by atoms with Crippen LogP contribution in [0.3, 0.4) is 0 Å². The molecule has 1 aromatic carbocycles. The largest absolute Gasteiger partial charge is 0.303 e. The van der Waals surface area contributed by atoms with Gasteiger partial charge in [-0.25, -0.2) is 0 Å². The standard InChI is InChI=1S/C24H31N3O2/c25-18-24(19-8-2-1-3-9-19)12-16-26(17-13-24)14-6-7-15-27-22(28)20-10-4-5-11-21(20)23(27)29/h1-3,8-9,20-21H,4-7,10-17H2. The maximum atomic E-state index is 12.5. The number of likely N-dealkylation sites (tertiary alicyclic amines) is 2. The summed E-state index contributed by atoms with van der Waals surface area (Å²) in [6.07, 6.45) is 7.52. The molecule has 1 aromatic rings. The summed E-state index contributed by atoms with van der Waals surface area (Å²) in [5, 5.41) is 9.82. The first kappa shape index (κ1) is 20.1. The maximum Gasteiger partial charge on any atom is 0.233 e. The van der Waals surface area contributed by atoms with E-state index in [4.69, 9.17) is 0 Å². The molecule has 29 heavy (non-hydrogen) atoms.